The molecule has 1 aliphatic heterocycles. The van der Waals surface area contributed by atoms with Crippen LogP contribution in [0.2, 0.25) is 16.6 Å². The van der Waals surface area contributed by atoms with Crippen molar-refractivity contribution >= 4 is 14.3 Å². The zero-order valence-corrected chi connectivity index (χ0v) is 23.0. The first-order chi connectivity index (χ1) is 15.6. The summed E-state index contributed by atoms with van der Waals surface area (Å²) >= 11 is 0. The van der Waals surface area contributed by atoms with Gasteiger partial charge in [-0.2, -0.15) is 0 Å². The molecule has 0 amide bonds. The van der Waals surface area contributed by atoms with E-state index >= 15 is 0 Å². The summed E-state index contributed by atoms with van der Waals surface area (Å²) in [7, 11) is -0.612. The minimum absolute atomic E-state index is 0.00909. The first-order valence-electron chi connectivity index (χ1n) is 12.6. The molecule has 0 bridgehead atoms. The van der Waals surface area contributed by atoms with Crippen LogP contribution in [0.1, 0.15) is 73.3 Å². The lowest BCUT2D eigenvalue weighted by Crippen LogP contribution is -2.55. The molecule has 2 rings (SSSR count). The van der Waals surface area contributed by atoms with E-state index < -0.39 is 8.32 Å². The third kappa shape index (κ3) is 7.38. The molecule has 0 unspecified atom stereocenters. The molecule has 1 aliphatic rings. The molecule has 0 aromatic heterocycles. The van der Waals surface area contributed by atoms with Crippen LogP contribution >= 0.6 is 0 Å². The van der Waals surface area contributed by atoms with Crippen molar-refractivity contribution in [2.45, 2.75) is 109 Å². The number of hydrogen-bond acceptors (Lipinski definition) is 5. The Morgan fingerprint density at radius 3 is 2.21 bits per heavy atom. The Morgan fingerprint density at radius 2 is 1.67 bits per heavy atom. The van der Waals surface area contributed by atoms with Gasteiger partial charge in [-0.25, -0.2) is 0 Å². The van der Waals surface area contributed by atoms with Crippen LogP contribution in [-0.4, -0.2) is 46.3 Å². The van der Waals surface area contributed by atoms with Crippen LogP contribution in [0.4, 0.5) is 0 Å². The van der Waals surface area contributed by atoms with E-state index in [0.717, 1.165) is 12.8 Å². The van der Waals surface area contributed by atoms with Crippen molar-refractivity contribution in [1.29, 1.82) is 0 Å². The molecule has 6 heteroatoms. The summed E-state index contributed by atoms with van der Waals surface area (Å²) in [5, 5.41) is 0. The van der Waals surface area contributed by atoms with Gasteiger partial charge in [-0.1, -0.05) is 78.8 Å². The zero-order chi connectivity index (χ0) is 24.6. The average molecular weight is 479 g/mol. The van der Waals surface area contributed by atoms with E-state index in [0.29, 0.717) is 29.8 Å². The summed E-state index contributed by atoms with van der Waals surface area (Å²) < 4.78 is 24.5. The summed E-state index contributed by atoms with van der Waals surface area (Å²) in [5.74, 6) is -0.0969. The predicted octanol–water partition coefficient (Wildman–Crippen LogP) is 6.51. The number of ether oxygens (including phenoxy) is 3. The number of esters is 1. The van der Waals surface area contributed by atoms with Crippen LogP contribution in [0.3, 0.4) is 0 Å². The fourth-order valence-electron chi connectivity index (χ4n) is 5.61. The molecule has 0 N–H and O–H groups in total. The number of benzene rings is 1. The topological polar surface area (TPSA) is 54.0 Å². The van der Waals surface area contributed by atoms with Crippen molar-refractivity contribution in [3.05, 3.63) is 35.9 Å². The smallest absolute Gasteiger partial charge is 0.308 e. The second-order valence-corrected chi connectivity index (χ2v) is 15.9. The van der Waals surface area contributed by atoms with Gasteiger partial charge in [0, 0.05) is 12.5 Å². The normalized spacial score (nSPS) is 24.0. The SMILES string of the molecule is COC(=O)C[C@@H]1O[C@H](CCOCc2ccccc2)C[C@H](O[Si](C(C)C)(C(C)C)C(C)C)[C@H]1C. The van der Waals surface area contributed by atoms with Crippen molar-refractivity contribution in [3.8, 4) is 0 Å². The summed E-state index contributed by atoms with van der Waals surface area (Å²) in [5.41, 5.74) is 2.71. The highest BCUT2D eigenvalue weighted by Gasteiger charge is 2.49. The molecule has 1 fully saturated rings. The Hall–Kier alpha value is -1.21. The van der Waals surface area contributed by atoms with Crippen molar-refractivity contribution in [2.75, 3.05) is 13.7 Å². The van der Waals surface area contributed by atoms with Gasteiger partial charge in [0.1, 0.15) is 0 Å². The maximum absolute atomic E-state index is 12.1. The van der Waals surface area contributed by atoms with E-state index in [1.54, 1.807) is 0 Å². The van der Waals surface area contributed by atoms with Gasteiger partial charge >= 0.3 is 5.97 Å². The quantitative estimate of drug-likeness (QED) is 0.195. The molecule has 1 aromatic carbocycles. The van der Waals surface area contributed by atoms with Gasteiger partial charge in [-0.15, -0.1) is 0 Å². The molecule has 33 heavy (non-hydrogen) atoms. The lowest BCUT2D eigenvalue weighted by atomic mass is 9.88. The first-order valence-corrected chi connectivity index (χ1v) is 14.8. The number of carbonyl (C=O) groups is 1. The number of carbonyl (C=O) groups excluding carboxylic acids is 1. The molecule has 1 saturated heterocycles. The zero-order valence-electron chi connectivity index (χ0n) is 22.0. The summed E-state index contributed by atoms with van der Waals surface area (Å²) in [6.07, 6.45) is 1.78. The molecule has 0 aliphatic carbocycles. The Balaban J connectivity index is 2.11. The molecule has 0 radical (unpaired) electrons. The molecule has 0 spiro atoms. The Bertz CT molecular complexity index is 684. The standard InChI is InChI=1S/C27H46O5Si/c1-19(2)33(20(3)4,21(5)6)32-26-16-24(31-25(22(26)7)17-27(28)29-8)14-15-30-18-23-12-10-9-11-13-23/h9-13,19-22,24-26H,14-18H2,1-8H3/t22-,24+,25-,26-/m0/s1. The molecule has 1 aromatic rings. The van der Waals surface area contributed by atoms with Crippen LogP contribution in [-0.2, 0) is 30.0 Å². The van der Waals surface area contributed by atoms with Crippen molar-refractivity contribution < 1.29 is 23.4 Å². The molecule has 1 heterocycles. The minimum atomic E-state index is -2.05. The first kappa shape index (κ1) is 28.0. The molecular formula is C27H46O5Si. The van der Waals surface area contributed by atoms with Gasteiger partial charge in [-0.3, -0.25) is 4.79 Å². The van der Waals surface area contributed by atoms with E-state index in [-0.39, 0.29) is 36.6 Å². The Labute approximate surface area is 202 Å². The second-order valence-electron chi connectivity index (χ2n) is 10.5. The van der Waals surface area contributed by atoms with Gasteiger partial charge in [0.15, 0.2) is 0 Å². The van der Waals surface area contributed by atoms with E-state index in [2.05, 4.69) is 60.6 Å². The van der Waals surface area contributed by atoms with Crippen molar-refractivity contribution in [3.63, 3.8) is 0 Å². The van der Waals surface area contributed by atoms with Crippen LogP contribution in [0, 0.1) is 5.92 Å². The van der Waals surface area contributed by atoms with Crippen molar-refractivity contribution in [1.82, 2.24) is 0 Å². The predicted molar refractivity (Wildman–Crippen MR) is 136 cm³/mol. The molecule has 188 valence electrons. The van der Waals surface area contributed by atoms with Crippen LogP contribution < -0.4 is 0 Å². The third-order valence-corrected chi connectivity index (χ3v) is 13.5. The van der Waals surface area contributed by atoms with E-state index in [4.69, 9.17) is 18.6 Å². The van der Waals surface area contributed by atoms with E-state index in [9.17, 15) is 4.79 Å². The fraction of sp³-hybridized carbons (Fsp3) is 0.741. The van der Waals surface area contributed by atoms with Crippen molar-refractivity contribution in [2.24, 2.45) is 5.92 Å². The summed E-state index contributed by atoms with van der Waals surface area (Å²) in [6.45, 7) is 17.3. The molecule has 5 nitrogen and oxygen atoms in total. The lowest BCUT2D eigenvalue weighted by molar-refractivity contribution is -0.160. The monoisotopic (exact) mass is 478 g/mol. The number of hydrogen-bond donors (Lipinski definition) is 0. The van der Waals surface area contributed by atoms with Crippen LogP contribution in [0.15, 0.2) is 30.3 Å². The second kappa shape index (κ2) is 13.0. The maximum Gasteiger partial charge on any atom is 0.308 e. The van der Waals surface area contributed by atoms with Crippen LogP contribution in [0.25, 0.3) is 0 Å². The highest BCUT2D eigenvalue weighted by atomic mass is 28.4. The lowest BCUT2D eigenvalue weighted by Gasteiger charge is -2.49. The van der Waals surface area contributed by atoms with Gasteiger partial charge in [-0.05, 0) is 35.0 Å². The maximum atomic E-state index is 12.1. The highest BCUT2D eigenvalue weighted by Crippen LogP contribution is 2.45. The van der Waals surface area contributed by atoms with Gasteiger partial charge < -0.3 is 18.6 Å². The van der Waals surface area contributed by atoms with E-state index in [1.807, 2.05) is 18.2 Å². The van der Waals surface area contributed by atoms with Gasteiger partial charge in [0.25, 0.3) is 0 Å². The van der Waals surface area contributed by atoms with Gasteiger partial charge in [0.05, 0.1) is 38.4 Å². The Kier molecular flexibility index (Phi) is 11.1. The molecule has 4 atom stereocenters. The molecular weight excluding hydrogens is 432 g/mol. The molecule has 0 saturated carbocycles. The minimum Gasteiger partial charge on any atom is -0.469 e. The average Bonchev–Trinajstić information content (AvgIpc) is 2.77. The highest BCUT2D eigenvalue weighted by molar-refractivity contribution is 6.77. The van der Waals surface area contributed by atoms with E-state index in [1.165, 1.54) is 12.7 Å². The number of methoxy groups -OCH3 is 1. The fourth-order valence-corrected chi connectivity index (χ4v) is 11.3. The van der Waals surface area contributed by atoms with Gasteiger partial charge in [0.2, 0.25) is 8.32 Å². The largest absolute Gasteiger partial charge is 0.469 e. The third-order valence-electron chi connectivity index (χ3n) is 7.39. The summed E-state index contributed by atoms with van der Waals surface area (Å²) in [6, 6.07) is 10.2. The number of rotatable bonds is 12. The summed E-state index contributed by atoms with van der Waals surface area (Å²) in [4.78, 5) is 12.1. The Morgan fingerprint density at radius 1 is 1.06 bits per heavy atom. The van der Waals surface area contributed by atoms with Crippen LogP contribution in [0.5, 0.6) is 0 Å².